The van der Waals surface area contributed by atoms with Gasteiger partial charge in [0.25, 0.3) is 0 Å². The average molecular weight is 382 g/mol. The fourth-order valence-corrected chi connectivity index (χ4v) is 3.75. The number of rotatable bonds is 9. The maximum absolute atomic E-state index is 12.2. The zero-order valence-corrected chi connectivity index (χ0v) is 15.8. The number of aryl methyl sites for hydroxylation is 1. The van der Waals surface area contributed by atoms with Gasteiger partial charge in [-0.25, -0.2) is 13.4 Å². The van der Waals surface area contributed by atoms with Crippen molar-refractivity contribution in [1.29, 1.82) is 0 Å². The minimum Gasteiger partial charge on any atom is -0.380 e. The van der Waals surface area contributed by atoms with Crippen LogP contribution in [0.4, 0.5) is 11.5 Å². The van der Waals surface area contributed by atoms with Crippen molar-refractivity contribution in [3.05, 3.63) is 90.1 Å². The number of hydrogen-bond acceptors (Lipinski definition) is 4. The smallest absolute Gasteiger partial charge is 0.233 e. The van der Waals surface area contributed by atoms with Gasteiger partial charge in [0.15, 0.2) is 0 Å². The third-order valence-corrected chi connectivity index (χ3v) is 5.43. The van der Waals surface area contributed by atoms with Gasteiger partial charge in [-0.15, -0.1) is 0 Å². The van der Waals surface area contributed by atoms with Crippen LogP contribution >= 0.6 is 0 Å². The second-order valence-corrected chi connectivity index (χ2v) is 8.12. The van der Waals surface area contributed by atoms with Crippen LogP contribution in [-0.2, 0) is 23.0 Å². The first kappa shape index (κ1) is 18.9. The van der Waals surface area contributed by atoms with E-state index in [1.54, 1.807) is 12.3 Å². The van der Waals surface area contributed by atoms with E-state index in [2.05, 4.69) is 15.0 Å². The van der Waals surface area contributed by atoms with Crippen LogP contribution < -0.4 is 10.0 Å². The maximum Gasteiger partial charge on any atom is 0.233 e. The molecule has 27 heavy (non-hydrogen) atoms. The summed E-state index contributed by atoms with van der Waals surface area (Å²) in [5, 5.41) is 3.26. The molecule has 3 rings (SSSR count). The summed E-state index contributed by atoms with van der Waals surface area (Å²) in [6.07, 6.45) is 2.93. The molecular formula is C21H23N3O2S. The number of sulfonamides is 1. The summed E-state index contributed by atoms with van der Waals surface area (Å²) >= 11 is 0. The van der Waals surface area contributed by atoms with Crippen molar-refractivity contribution in [3.8, 4) is 0 Å². The van der Waals surface area contributed by atoms with Gasteiger partial charge in [-0.1, -0.05) is 60.7 Å². The van der Waals surface area contributed by atoms with E-state index >= 15 is 0 Å². The fourth-order valence-electron chi connectivity index (χ4n) is 2.68. The molecule has 0 spiro atoms. The maximum atomic E-state index is 12.2. The Morgan fingerprint density at radius 1 is 0.815 bits per heavy atom. The number of nitrogens with zero attached hydrogens (tertiary/aromatic N) is 1. The molecule has 0 radical (unpaired) electrons. The van der Waals surface area contributed by atoms with Crippen LogP contribution in [0.2, 0.25) is 0 Å². The van der Waals surface area contributed by atoms with E-state index < -0.39 is 10.0 Å². The number of anilines is 2. The first-order chi connectivity index (χ1) is 13.1. The van der Waals surface area contributed by atoms with Gasteiger partial charge in [-0.05, 0) is 36.1 Å². The lowest BCUT2D eigenvalue weighted by atomic mass is 10.1. The van der Waals surface area contributed by atoms with E-state index in [4.69, 9.17) is 0 Å². The molecule has 0 fully saturated rings. The molecule has 3 aromatic rings. The van der Waals surface area contributed by atoms with Crippen LogP contribution in [0.25, 0.3) is 0 Å². The molecule has 0 bridgehead atoms. The monoisotopic (exact) mass is 381 g/mol. The van der Waals surface area contributed by atoms with Crippen molar-refractivity contribution >= 4 is 21.5 Å². The molecule has 140 valence electrons. The van der Waals surface area contributed by atoms with Gasteiger partial charge in [-0.2, -0.15) is 0 Å². The highest BCUT2D eigenvalue weighted by molar-refractivity contribution is 7.92. The van der Waals surface area contributed by atoms with Gasteiger partial charge in [0, 0.05) is 6.54 Å². The van der Waals surface area contributed by atoms with Crippen molar-refractivity contribution in [3.63, 3.8) is 0 Å². The summed E-state index contributed by atoms with van der Waals surface area (Å²) in [7, 11) is -3.41. The molecule has 5 nitrogen and oxygen atoms in total. The van der Waals surface area contributed by atoms with Crippen LogP contribution in [-0.4, -0.2) is 19.2 Å². The lowest BCUT2D eigenvalue weighted by Gasteiger charge is -2.09. The van der Waals surface area contributed by atoms with Crippen LogP contribution in [0, 0.1) is 0 Å². The Bertz CT molecular complexity index is 928. The number of aromatic nitrogens is 1. The molecule has 0 aliphatic heterocycles. The molecule has 6 heteroatoms. The van der Waals surface area contributed by atoms with E-state index in [-0.39, 0.29) is 5.75 Å². The molecule has 0 amide bonds. The zero-order chi connectivity index (χ0) is 19.0. The van der Waals surface area contributed by atoms with Crippen molar-refractivity contribution in [1.82, 2.24) is 4.98 Å². The molecule has 0 aliphatic carbocycles. The molecule has 0 saturated carbocycles. The summed E-state index contributed by atoms with van der Waals surface area (Å²) in [5.74, 6) is 0.400. The van der Waals surface area contributed by atoms with Gasteiger partial charge in [-0.3, -0.25) is 4.72 Å². The first-order valence-corrected chi connectivity index (χ1v) is 10.5. The minimum absolute atomic E-state index is 0.0670. The summed E-state index contributed by atoms with van der Waals surface area (Å²) in [6, 6.07) is 23.4. The van der Waals surface area contributed by atoms with Crippen molar-refractivity contribution in [2.24, 2.45) is 0 Å². The third kappa shape index (κ3) is 6.42. The Morgan fingerprint density at radius 3 is 2.11 bits per heavy atom. The van der Waals surface area contributed by atoms with Crippen molar-refractivity contribution in [2.75, 3.05) is 15.8 Å². The first-order valence-electron chi connectivity index (χ1n) is 8.89. The Kier molecular flexibility index (Phi) is 6.44. The minimum atomic E-state index is -3.41. The summed E-state index contributed by atoms with van der Waals surface area (Å²) in [6.45, 7) is 0.688. The molecule has 2 aromatic carbocycles. The molecular weight excluding hydrogens is 358 g/mol. The number of hydrogen-bond donors (Lipinski definition) is 2. The fraction of sp³-hybridized carbons (Fsp3) is 0.190. The Hall–Kier alpha value is -2.86. The normalized spacial score (nSPS) is 11.1. The zero-order valence-electron chi connectivity index (χ0n) is 15.0. The number of benzene rings is 2. The Labute approximate surface area is 160 Å². The average Bonchev–Trinajstić information content (AvgIpc) is 2.69. The molecule has 1 aromatic heterocycles. The number of pyridine rings is 1. The summed E-state index contributed by atoms with van der Waals surface area (Å²) in [5.41, 5.74) is 3.14. The Morgan fingerprint density at radius 2 is 1.48 bits per heavy atom. The van der Waals surface area contributed by atoms with Crippen LogP contribution in [0.1, 0.15) is 17.5 Å². The van der Waals surface area contributed by atoms with Gasteiger partial charge >= 0.3 is 0 Å². The molecule has 0 aliphatic rings. The van der Waals surface area contributed by atoms with E-state index in [9.17, 15) is 8.42 Å². The van der Waals surface area contributed by atoms with Crippen molar-refractivity contribution < 1.29 is 8.42 Å². The molecule has 0 atom stereocenters. The third-order valence-electron chi connectivity index (χ3n) is 4.08. The van der Waals surface area contributed by atoms with E-state index in [0.717, 1.165) is 17.7 Å². The van der Waals surface area contributed by atoms with Gasteiger partial charge in [0.05, 0.1) is 17.6 Å². The van der Waals surface area contributed by atoms with Crippen LogP contribution in [0.5, 0.6) is 0 Å². The largest absolute Gasteiger partial charge is 0.380 e. The second-order valence-electron chi connectivity index (χ2n) is 6.28. The lowest BCUT2D eigenvalue weighted by Crippen LogP contribution is -2.18. The van der Waals surface area contributed by atoms with Gasteiger partial charge in [0.2, 0.25) is 10.0 Å². The summed E-state index contributed by atoms with van der Waals surface area (Å²) in [4.78, 5) is 4.19. The molecule has 2 N–H and O–H groups in total. The van der Waals surface area contributed by atoms with Gasteiger partial charge < -0.3 is 5.32 Å². The topological polar surface area (TPSA) is 71.1 Å². The molecule has 0 unspecified atom stereocenters. The van der Waals surface area contributed by atoms with Gasteiger partial charge in [0.1, 0.15) is 5.82 Å². The molecule has 0 saturated heterocycles. The second kappa shape index (κ2) is 9.19. The molecule has 1 heterocycles. The lowest BCUT2D eigenvalue weighted by molar-refractivity contribution is 0.598. The van der Waals surface area contributed by atoms with E-state index in [1.165, 1.54) is 5.56 Å². The summed E-state index contributed by atoms with van der Waals surface area (Å²) < 4.78 is 27.0. The highest BCUT2D eigenvalue weighted by Gasteiger charge is 2.11. The SMILES string of the molecule is O=S(=O)(CCCc1ccccc1)Nc1ccc(NCc2ccccc2)cn1. The van der Waals surface area contributed by atoms with Crippen molar-refractivity contribution in [2.45, 2.75) is 19.4 Å². The highest BCUT2D eigenvalue weighted by Crippen LogP contribution is 2.13. The van der Waals surface area contributed by atoms with Crippen LogP contribution in [0.15, 0.2) is 79.0 Å². The number of nitrogens with one attached hydrogen (secondary N) is 2. The van der Waals surface area contributed by atoms with E-state index in [1.807, 2.05) is 66.7 Å². The standard InChI is InChI=1S/C21H23N3O2S/c25-27(26,15-7-12-18-8-3-1-4-9-18)24-21-14-13-20(17-23-21)22-16-19-10-5-2-6-11-19/h1-6,8-11,13-14,17,22H,7,12,15-16H2,(H,23,24). The predicted octanol–water partition coefficient (Wildman–Crippen LogP) is 4.07. The van der Waals surface area contributed by atoms with Crippen LogP contribution in [0.3, 0.4) is 0 Å². The quantitative estimate of drug-likeness (QED) is 0.586. The highest BCUT2D eigenvalue weighted by atomic mass is 32.2. The van der Waals surface area contributed by atoms with E-state index in [0.29, 0.717) is 18.8 Å². The Balaban J connectivity index is 1.47. The predicted molar refractivity (Wildman–Crippen MR) is 110 cm³/mol.